The summed E-state index contributed by atoms with van der Waals surface area (Å²) in [6.07, 6.45) is 3.55. The summed E-state index contributed by atoms with van der Waals surface area (Å²) < 4.78 is 0. The molecule has 0 heterocycles. The molecule has 0 bridgehead atoms. The van der Waals surface area contributed by atoms with Crippen LogP contribution in [-0.4, -0.2) is 11.4 Å². The molecule has 1 amide bonds. The first kappa shape index (κ1) is 14.3. The summed E-state index contributed by atoms with van der Waals surface area (Å²) in [5.74, 6) is -0.127. The van der Waals surface area contributed by atoms with E-state index in [0.717, 1.165) is 25.7 Å². The van der Waals surface area contributed by atoms with Crippen molar-refractivity contribution in [2.45, 2.75) is 31.2 Å². The van der Waals surface area contributed by atoms with Crippen LogP contribution in [-0.2, 0) is 4.79 Å². The van der Waals surface area contributed by atoms with Crippen molar-refractivity contribution in [1.82, 2.24) is 0 Å². The Bertz CT molecular complexity index is 403. The zero-order valence-electron chi connectivity index (χ0n) is 9.41. The number of anilines is 1. The Morgan fingerprint density at radius 3 is 2.47 bits per heavy atom. The Hall–Kier alpha value is -0.770. The fourth-order valence-electron chi connectivity index (χ4n) is 2.04. The summed E-state index contributed by atoms with van der Waals surface area (Å²) in [5.41, 5.74) is 5.97. The van der Waals surface area contributed by atoms with Crippen LogP contribution in [0.15, 0.2) is 24.3 Å². The number of nitrogens with one attached hydrogen (secondary N) is 1. The summed E-state index contributed by atoms with van der Waals surface area (Å²) in [6.45, 7) is 0. The van der Waals surface area contributed by atoms with E-state index >= 15 is 0 Å². The van der Waals surface area contributed by atoms with Crippen molar-refractivity contribution in [3.63, 3.8) is 0 Å². The molecule has 5 heteroatoms. The van der Waals surface area contributed by atoms with E-state index in [-0.39, 0.29) is 18.3 Å². The van der Waals surface area contributed by atoms with Crippen LogP contribution in [0.3, 0.4) is 0 Å². The molecule has 1 aromatic rings. The van der Waals surface area contributed by atoms with Crippen molar-refractivity contribution in [3.05, 3.63) is 29.3 Å². The lowest BCUT2D eigenvalue weighted by molar-refractivity contribution is -0.121. The predicted octanol–water partition coefficient (Wildman–Crippen LogP) is 2.97. The largest absolute Gasteiger partial charge is 0.323 e. The van der Waals surface area contributed by atoms with Crippen LogP contribution in [0.4, 0.5) is 5.69 Å². The third-order valence-electron chi connectivity index (χ3n) is 3.07. The molecule has 1 fully saturated rings. The quantitative estimate of drug-likeness (QED) is 0.871. The molecule has 0 spiro atoms. The first-order valence-corrected chi connectivity index (χ1v) is 5.84. The molecule has 3 nitrogen and oxygen atoms in total. The molecule has 0 saturated heterocycles. The Kier molecular flexibility index (Phi) is 4.80. The smallest absolute Gasteiger partial charge is 0.244 e. The van der Waals surface area contributed by atoms with Gasteiger partial charge in [-0.2, -0.15) is 0 Å². The fraction of sp³-hybridized carbons (Fsp3) is 0.417. The van der Waals surface area contributed by atoms with Gasteiger partial charge in [-0.3, -0.25) is 4.79 Å². The maximum atomic E-state index is 12.0. The fourth-order valence-corrected chi connectivity index (χ4v) is 2.23. The highest BCUT2D eigenvalue weighted by Crippen LogP contribution is 2.29. The number of benzene rings is 1. The normalized spacial score (nSPS) is 17.3. The minimum Gasteiger partial charge on any atom is -0.323 e. The molecule has 0 unspecified atom stereocenters. The van der Waals surface area contributed by atoms with Gasteiger partial charge in [-0.05, 0) is 25.0 Å². The van der Waals surface area contributed by atoms with Gasteiger partial charge in [0.2, 0.25) is 5.91 Å². The van der Waals surface area contributed by atoms with Gasteiger partial charge in [0.15, 0.2) is 0 Å². The minimum atomic E-state index is -0.709. The van der Waals surface area contributed by atoms with Crippen molar-refractivity contribution >= 4 is 35.6 Å². The Labute approximate surface area is 112 Å². The van der Waals surface area contributed by atoms with Gasteiger partial charge in [-0.1, -0.05) is 36.6 Å². The van der Waals surface area contributed by atoms with Crippen LogP contribution in [0.2, 0.25) is 5.02 Å². The third-order valence-corrected chi connectivity index (χ3v) is 3.40. The second kappa shape index (κ2) is 5.71. The second-order valence-corrected chi connectivity index (χ2v) is 4.70. The van der Waals surface area contributed by atoms with Gasteiger partial charge in [0, 0.05) is 0 Å². The predicted molar refractivity (Wildman–Crippen MR) is 72.7 cm³/mol. The van der Waals surface area contributed by atoms with Gasteiger partial charge in [0.25, 0.3) is 0 Å². The molecule has 1 aromatic carbocycles. The van der Waals surface area contributed by atoms with Gasteiger partial charge in [-0.15, -0.1) is 12.4 Å². The van der Waals surface area contributed by atoms with Crippen molar-refractivity contribution in [2.24, 2.45) is 5.73 Å². The summed E-state index contributed by atoms with van der Waals surface area (Å²) in [7, 11) is 0. The van der Waals surface area contributed by atoms with Gasteiger partial charge in [-0.25, -0.2) is 0 Å². The van der Waals surface area contributed by atoms with E-state index in [1.807, 2.05) is 12.1 Å². The molecule has 1 aliphatic carbocycles. The van der Waals surface area contributed by atoms with Gasteiger partial charge in [0.1, 0.15) is 0 Å². The minimum absolute atomic E-state index is 0. The lowest BCUT2D eigenvalue weighted by atomic mass is 9.98. The van der Waals surface area contributed by atoms with Crippen molar-refractivity contribution in [3.8, 4) is 0 Å². The molecule has 1 saturated carbocycles. The lowest BCUT2D eigenvalue weighted by Crippen LogP contribution is -2.48. The highest BCUT2D eigenvalue weighted by atomic mass is 35.5. The van der Waals surface area contributed by atoms with Crippen LogP contribution in [0.1, 0.15) is 25.7 Å². The Balaban J connectivity index is 0.00000144. The van der Waals surface area contributed by atoms with Crippen LogP contribution >= 0.6 is 24.0 Å². The molecule has 17 heavy (non-hydrogen) atoms. The van der Waals surface area contributed by atoms with Crippen molar-refractivity contribution in [1.29, 1.82) is 0 Å². The van der Waals surface area contributed by atoms with Crippen LogP contribution in [0.25, 0.3) is 0 Å². The monoisotopic (exact) mass is 274 g/mol. The van der Waals surface area contributed by atoms with Crippen LogP contribution in [0.5, 0.6) is 0 Å². The molecular weight excluding hydrogens is 259 g/mol. The zero-order valence-corrected chi connectivity index (χ0v) is 11.0. The highest BCUT2D eigenvalue weighted by molar-refractivity contribution is 6.33. The number of halogens is 2. The standard InChI is InChI=1S/C12H15ClN2O.ClH/c13-9-5-1-2-6-10(9)15-11(16)12(14)7-3-4-8-12;/h1-2,5-6H,3-4,7-8,14H2,(H,15,16);1H. The lowest BCUT2D eigenvalue weighted by Gasteiger charge is -2.22. The van der Waals surface area contributed by atoms with Crippen molar-refractivity contribution < 1.29 is 4.79 Å². The van der Waals surface area contributed by atoms with Crippen LogP contribution < -0.4 is 11.1 Å². The molecular formula is C12H16Cl2N2O. The Morgan fingerprint density at radius 2 is 1.88 bits per heavy atom. The molecule has 1 aliphatic rings. The molecule has 3 N–H and O–H groups in total. The van der Waals surface area contributed by atoms with E-state index in [1.54, 1.807) is 12.1 Å². The summed E-state index contributed by atoms with van der Waals surface area (Å²) in [5, 5.41) is 3.34. The second-order valence-electron chi connectivity index (χ2n) is 4.30. The van der Waals surface area contributed by atoms with E-state index in [2.05, 4.69) is 5.32 Å². The van der Waals surface area contributed by atoms with E-state index in [9.17, 15) is 4.79 Å². The molecule has 0 aliphatic heterocycles. The zero-order chi connectivity index (χ0) is 11.6. The first-order chi connectivity index (χ1) is 7.62. The van der Waals surface area contributed by atoms with E-state index in [1.165, 1.54) is 0 Å². The van der Waals surface area contributed by atoms with Gasteiger partial charge < -0.3 is 11.1 Å². The maximum Gasteiger partial charge on any atom is 0.244 e. The topological polar surface area (TPSA) is 55.1 Å². The molecule has 0 radical (unpaired) electrons. The number of amides is 1. The highest BCUT2D eigenvalue weighted by Gasteiger charge is 2.37. The van der Waals surface area contributed by atoms with Gasteiger partial charge >= 0.3 is 0 Å². The van der Waals surface area contributed by atoms with Crippen LogP contribution in [0, 0.1) is 0 Å². The molecule has 2 rings (SSSR count). The van der Waals surface area contributed by atoms with E-state index in [0.29, 0.717) is 10.7 Å². The number of nitrogens with two attached hydrogens (primary N) is 1. The number of para-hydroxylation sites is 1. The average Bonchev–Trinajstić information content (AvgIpc) is 2.70. The third kappa shape index (κ3) is 3.12. The molecule has 94 valence electrons. The SMILES string of the molecule is Cl.NC1(C(=O)Nc2ccccc2Cl)CCCC1. The first-order valence-electron chi connectivity index (χ1n) is 5.47. The maximum absolute atomic E-state index is 12.0. The molecule has 0 atom stereocenters. The summed E-state index contributed by atoms with van der Waals surface area (Å²) >= 11 is 5.96. The summed E-state index contributed by atoms with van der Waals surface area (Å²) in [4.78, 5) is 12.0. The average molecular weight is 275 g/mol. The number of carbonyl (C=O) groups excluding carboxylic acids is 1. The Morgan fingerprint density at radius 1 is 1.29 bits per heavy atom. The number of hydrogen-bond acceptors (Lipinski definition) is 2. The number of rotatable bonds is 2. The van der Waals surface area contributed by atoms with Crippen molar-refractivity contribution in [2.75, 3.05) is 5.32 Å². The van der Waals surface area contributed by atoms with E-state index < -0.39 is 5.54 Å². The summed E-state index contributed by atoms with van der Waals surface area (Å²) in [6, 6.07) is 7.18. The number of carbonyl (C=O) groups is 1. The molecule has 0 aromatic heterocycles. The van der Waals surface area contributed by atoms with Gasteiger partial charge in [0.05, 0.1) is 16.2 Å². The number of hydrogen-bond donors (Lipinski definition) is 2. The van der Waals surface area contributed by atoms with E-state index in [4.69, 9.17) is 17.3 Å².